The number of hydrogen-bond acceptors (Lipinski definition) is 7. The maximum absolute atomic E-state index is 13.1. The SMILES string of the molecule is COc1ccc(NC(=O)[C@H]2C(=O)N(c3ccc(OC)cc3)C(=O)/C2=N/N=C(N)N)cc1. The molecule has 1 fully saturated rings. The van der Waals surface area contributed by atoms with Crippen LogP contribution in [0.4, 0.5) is 11.4 Å². The first-order valence-corrected chi connectivity index (χ1v) is 8.99. The summed E-state index contributed by atoms with van der Waals surface area (Å²) in [6, 6.07) is 12.6. The van der Waals surface area contributed by atoms with Crippen LogP contribution in [0.2, 0.25) is 0 Å². The van der Waals surface area contributed by atoms with Gasteiger partial charge < -0.3 is 26.3 Å². The lowest BCUT2D eigenvalue weighted by Gasteiger charge is -2.14. The first-order chi connectivity index (χ1) is 14.8. The molecule has 1 saturated heterocycles. The van der Waals surface area contributed by atoms with Gasteiger partial charge in [-0.1, -0.05) is 0 Å². The molecule has 0 bridgehead atoms. The van der Waals surface area contributed by atoms with Gasteiger partial charge in [0.15, 0.2) is 11.6 Å². The Balaban J connectivity index is 1.95. The number of amides is 3. The van der Waals surface area contributed by atoms with Crippen LogP contribution in [-0.2, 0) is 14.4 Å². The van der Waals surface area contributed by atoms with E-state index in [1.807, 2.05) is 0 Å². The van der Waals surface area contributed by atoms with Gasteiger partial charge in [0.2, 0.25) is 11.9 Å². The number of carbonyl (C=O) groups is 3. The van der Waals surface area contributed by atoms with Gasteiger partial charge >= 0.3 is 0 Å². The Kier molecular flexibility index (Phi) is 6.15. The van der Waals surface area contributed by atoms with Crippen molar-refractivity contribution in [2.75, 3.05) is 24.4 Å². The van der Waals surface area contributed by atoms with Gasteiger partial charge in [0.1, 0.15) is 11.5 Å². The number of imide groups is 1. The number of nitrogens with two attached hydrogens (primary N) is 2. The first kappa shape index (κ1) is 21.3. The summed E-state index contributed by atoms with van der Waals surface area (Å²) in [4.78, 5) is 39.7. The van der Waals surface area contributed by atoms with E-state index in [0.717, 1.165) is 4.90 Å². The molecule has 0 aliphatic carbocycles. The zero-order valence-corrected chi connectivity index (χ0v) is 16.7. The second-order valence-corrected chi connectivity index (χ2v) is 6.34. The molecule has 31 heavy (non-hydrogen) atoms. The quantitative estimate of drug-likeness (QED) is 0.199. The minimum absolute atomic E-state index is 0.243. The molecule has 5 N–H and O–H groups in total. The average molecular weight is 424 g/mol. The third-order valence-electron chi connectivity index (χ3n) is 4.39. The highest BCUT2D eigenvalue weighted by molar-refractivity contribution is 6.61. The van der Waals surface area contributed by atoms with Crippen LogP contribution in [0.3, 0.4) is 0 Å². The maximum Gasteiger partial charge on any atom is 0.282 e. The summed E-state index contributed by atoms with van der Waals surface area (Å²) in [5, 5.41) is 9.71. The van der Waals surface area contributed by atoms with Crippen LogP contribution in [0.5, 0.6) is 11.5 Å². The molecule has 0 spiro atoms. The molecule has 1 heterocycles. The van der Waals surface area contributed by atoms with Gasteiger partial charge in [-0.15, -0.1) is 10.2 Å². The lowest BCUT2D eigenvalue weighted by molar-refractivity contribution is -0.127. The third-order valence-corrected chi connectivity index (χ3v) is 4.39. The number of hydrogen-bond donors (Lipinski definition) is 3. The maximum atomic E-state index is 13.1. The van der Waals surface area contributed by atoms with Crippen molar-refractivity contribution in [3.05, 3.63) is 48.5 Å². The lowest BCUT2D eigenvalue weighted by atomic mass is 10.0. The number of methoxy groups -OCH3 is 2. The van der Waals surface area contributed by atoms with Crippen LogP contribution in [0.1, 0.15) is 0 Å². The average Bonchev–Trinajstić information content (AvgIpc) is 3.02. The van der Waals surface area contributed by atoms with Crippen molar-refractivity contribution in [1.29, 1.82) is 0 Å². The highest BCUT2D eigenvalue weighted by atomic mass is 16.5. The summed E-state index contributed by atoms with van der Waals surface area (Å²) in [7, 11) is 3.00. The Morgan fingerprint density at radius 2 is 1.52 bits per heavy atom. The van der Waals surface area contributed by atoms with Crippen LogP contribution in [0, 0.1) is 5.92 Å². The summed E-state index contributed by atoms with van der Waals surface area (Å²) in [5.41, 5.74) is 10.8. The highest BCUT2D eigenvalue weighted by Crippen LogP contribution is 2.28. The highest BCUT2D eigenvalue weighted by Gasteiger charge is 2.50. The summed E-state index contributed by atoms with van der Waals surface area (Å²) in [5.74, 6) is -3.20. The van der Waals surface area contributed by atoms with Crippen LogP contribution < -0.4 is 31.2 Å². The molecule has 0 saturated carbocycles. The molecule has 3 rings (SSSR count). The van der Waals surface area contributed by atoms with E-state index in [9.17, 15) is 14.4 Å². The molecule has 160 valence electrons. The molecule has 1 atom stereocenters. The van der Waals surface area contributed by atoms with Gasteiger partial charge in [-0.2, -0.15) is 0 Å². The summed E-state index contributed by atoms with van der Waals surface area (Å²) in [6.07, 6.45) is 0. The van der Waals surface area contributed by atoms with Crippen molar-refractivity contribution in [3.63, 3.8) is 0 Å². The van der Waals surface area contributed by atoms with Gasteiger partial charge in [0.25, 0.3) is 11.8 Å². The van der Waals surface area contributed by atoms with Gasteiger partial charge in [-0.05, 0) is 48.5 Å². The number of ether oxygens (including phenoxy) is 2. The minimum Gasteiger partial charge on any atom is -0.497 e. The van der Waals surface area contributed by atoms with Gasteiger partial charge in [-0.25, -0.2) is 4.90 Å². The van der Waals surface area contributed by atoms with Crippen molar-refractivity contribution in [2.45, 2.75) is 0 Å². The van der Waals surface area contributed by atoms with Crippen molar-refractivity contribution in [3.8, 4) is 11.5 Å². The number of rotatable bonds is 6. The molecule has 2 aromatic rings. The number of benzene rings is 2. The minimum atomic E-state index is -1.54. The van der Waals surface area contributed by atoms with E-state index in [1.165, 1.54) is 26.4 Å². The van der Waals surface area contributed by atoms with Crippen LogP contribution in [0.15, 0.2) is 58.7 Å². The van der Waals surface area contributed by atoms with E-state index >= 15 is 0 Å². The van der Waals surface area contributed by atoms with Crippen LogP contribution in [0.25, 0.3) is 0 Å². The predicted octanol–water partition coefficient (Wildman–Crippen LogP) is 0.461. The number of nitrogens with one attached hydrogen (secondary N) is 1. The van der Waals surface area contributed by atoms with E-state index < -0.39 is 35.3 Å². The smallest absolute Gasteiger partial charge is 0.282 e. The molecule has 1 aliphatic heterocycles. The number of carbonyl (C=O) groups excluding carboxylic acids is 3. The second kappa shape index (κ2) is 8.95. The Hall–Kier alpha value is -4.41. The fraction of sp³-hybridized carbons (Fsp3) is 0.150. The van der Waals surface area contributed by atoms with E-state index in [4.69, 9.17) is 20.9 Å². The van der Waals surface area contributed by atoms with Gasteiger partial charge in [0, 0.05) is 5.69 Å². The van der Waals surface area contributed by atoms with Gasteiger partial charge in [-0.3, -0.25) is 14.4 Å². The molecule has 11 heteroatoms. The standard InChI is InChI=1S/C20H20N6O5/c1-30-13-7-3-11(4-8-13)23-17(27)15-16(24-25-20(21)22)19(29)26(18(15)28)12-5-9-14(31-2)10-6-12/h3-10,15H,1-2H3,(H,23,27)(H4,21,22,25)/b24-16+/t15-/m0/s1. The molecular weight excluding hydrogens is 404 g/mol. The van der Waals surface area contributed by atoms with Crippen molar-refractivity contribution < 1.29 is 23.9 Å². The summed E-state index contributed by atoms with van der Waals surface area (Å²) < 4.78 is 10.2. The number of guanidine groups is 1. The van der Waals surface area contributed by atoms with E-state index in [2.05, 4.69) is 15.5 Å². The molecule has 2 aromatic carbocycles. The van der Waals surface area contributed by atoms with E-state index in [1.54, 1.807) is 36.4 Å². The fourth-order valence-electron chi connectivity index (χ4n) is 2.90. The molecule has 0 radical (unpaired) electrons. The Morgan fingerprint density at radius 1 is 0.968 bits per heavy atom. The van der Waals surface area contributed by atoms with Crippen LogP contribution in [-0.4, -0.2) is 43.6 Å². The zero-order chi connectivity index (χ0) is 22.5. The molecule has 3 amide bonds. The van der Waals surface area contributed by atoms with Crippen LogP contribution >= 0.6 is 0 Å². The zero-order valence-electron chi connectivity index (χ0n) is 16.7. The van der Waals surface area contributed by atoms with Crippen molar-refractivity contribution >= 4 is 40.8 Å². The largest absolute Gasteiger partial charge is 0.497 e. The van der Waals surface area contributed by atoms with E-state index in [-0.39, 0.29) is 5.69 Å². The number of nitrogens with zero attached hydrogens (tertiary/aromatic N) is 3. The Labute approximate surface area is 177 Å². The molecule has 0 aromatic heterocycles. The Bertz CT molecular complexity index is 1060. The normalized spacial score (nSPS) is 16.9. The monoisotopic (exact) mass is 424 g/mol. The second-order valence-electron chi connectivity index (χ2n) is 6.34. The molecule has 1 aliphatic rings. The first-order valence-electron chi connectivity index (χ1n) is 8.99. The molecule has 0 unspecified atom stereocenters. The molecule has 11 nitrogen and oxygen atoms in total. The van der Waals surface area contributed by atoms with Crippen molar-refractivity contribution in [1.82, 2.24) is 0 Å². The van der Waals surface area contributed by atoms with Gasteiger partial charge in [0.05, 0.1) is 19.9 Å². The fourth-order valence-corrected chi connectivity index (χ4v) is 2.90. The number of anilines is 2. The summed E-state index contributed by atoms with van der Waals surface area (Å²) >= 11 is 0. The predicted molar refractivity (Wildman–Crippen MR) is 114 cm³/mol. The summed E-state index contributed by atoms with van der Waals surface area (Å²) in [6.45, 7) is 0. The molecular formula is C20H20N6O5. The topological polar surface area (TPSA) is 162 Å². The third kappa shape index (κ3) is 4.45. The van der Waals surface area contributed by atoms with E-state index in [0.29, 0.717) is 17.2 Å². The lowest BCUT2D eigenvalue weighted by Crippen LogP contribution is -2.34. The van der Waals surface area contributed by atoms with Crippen molar-refractivity contribution in [2.24, 2.45) is 27.6 Å². The Morgan fingerprint density at radius 3 is 2.03 bits per heavy atom.